The molecule has 4 heterocycles. The van der Waals surface area contributed by atoms with Gasteiger partial charge in [0.1, 0.15) is 11.9 Å². The van der Waals surface area contributed by atoms with Crippen molar-refractivity contribution in [1.82, 2.24) is 14.5 Å². The van der Waals surface area contributed by atoms with E-state index in [-0.39, 0.29) is 31.4 Å². The molecule has 12 heteroatoms. The first-order valence-corrected chi connectivity index (χ1v) is 10.6. The quantitative estimate of drug-likeness (QED) is 0.579. The van der Waals surface area contributed by atoms with Gasteiger partial charge in [-0.2, -0.15) is 0 Å². The van der Waals surface area contributed by atoms with E-state index >= 15 is 0 Å². The highest BCUT2D eigenvalue weighted by Crippen LogP contribution is 2.30. The third-order valence-corrected chi connectivity index (χ3v) is 5.80. The van der Waals surface area contributed by atoms with Crippen LogP contribution in [0.15, 0.2) is 39.9 Å². The number of aromatic amines is 1. The maximum Gasteiger partial charge on any atom is 0.415 e. The van der Waals surface area contributed by atoms with E-state index in [1.54, 1.807) is 30.3 Å². The number of aromatic nitrogens is 3. The fraction of sp³-hybridized carbons (Fsp3) is 0.286. The predicted molar refractivity (Wildman–Crippen MR) is 119 cm³/mol. The molecule has 0 bridgehead atoms. The largest absolute Gasteiger partial charge is 0.480 e. The summed E-state index contributed by atoms with van der Waals surface area (Å²) in [6.07, 6.45) is -0.133. The van der Waals surface area contributed by atoms with Crippen molar-refractivity contribution >= 4 is 46.1 Å². The van der Waals surface area contributed by atoms with Gasteiger partial charge in [0.15, 0.2) is 18.2 Å². The zero-order valence-corrected chi connectivity index (χ0v) is 17.9. The number of halogens is 1. The lowest BCUT2D eigenvalue weighted by Gasteiger charge is -2.19. The van der Waals surface area contributed by atoms with E-state index in [1.165, 1.54) is 4.90 Å². The zero-order valence-electron chi connectivity index (χ0n) is 17.2. The fourth-order valence-electron chi connectivity index (χ4n) is 3.88. The molecule has 0 saturated carbocycles. The van der Waals surface area contributed by atoms with Crippen LogP contribution in [0.1, 0.15) is 12.8 Å². The Morgan fingerprint density at radius 3 is 2.85 bits per heavy atom. The number of pyridine rings is 1. The van der Waals surface area contributed by atoms with Crippen molar-refractivity contribution < 1.29 is 19.1 Å². The molecule has 0 unspecified atom stereocenters. The molecular weight excluding hydrogens is 454 g/mol. The van der Waals surface area contributed by atoms with E-state index < -0.39 is 23.4 Å². The van der Waals surface area contributed by atoms with Crippen molar-refractivity contribution in [3.8, 4) is 5.75 Å². The number of para-hydroxylation sites is 1. The zero-order chi connectivity index (χ0) is 23.1. The van der Waals surface area contributed by atoms with E-state index in [0.717, 1.165) is 4.57 Å². The Bertz CT molecular complexity index is 1400. The van der Waals surface area contributed by atoms with Crippen LogP contribution < -0.4 is 26.2 Å². The van der Waals surface area contributed by atoms with E-state index in [4.69, 9.17) is 21.1 Å². The van der Waals surface area contributed by atoms with Gasteiger partial charge in [-0.3, -0.25) is 19.1 Å². The van der Waals surface area contributed by atoms with Crippen molar-refractivity contribution in [2.24, 2.45) is 0 Å². The smallest absolute Gasteiger partial charge is 0.415 e. The maximum absolute atomic E-state index is 12.7. The number of cyclic esters (lactones) is 1. The second-order valence-electron chi connectivity index (χ2n) is 7.66. The minimum absolute atomic E-state index is 0.0853. The van der Waals surface area contributed by atoms with Crippen molar-refractivity contribution in [3.63, 3.8) is 0 Å². The Hall–Kier alpha value is -3.86. The summed E-state index contributed by atoms with van der Waals surface area (Å²) in [4.78, 5) is 57.2. The molecule has 5 rings (SSSR count). The third-order valence-electron chi connectivity index (χ3n) is 5.48. The van der Waals surface area contributed by atoms with Crippen LogP contribution in [0.3, 0.4) is 0 Å². The highest BCUT2D eigenvalue weighted by Gasteiger charge is 2.33. The number of fused-ring (bicyclic) bond motifs is 2. The lowest BCUT2D eigenvalue weighted by atomic mass is 10.2. The van der Waals surface area contributed by atoms with Gasteiger partial charge in [0.2, 0.25) is 0 Å². The van der Waals surface area contributed by atoms with Crippen molar-refractivity contribution in [2.75, 3.05) is 23.4 Å². The van der Waals surface area contributed by atoms with Gasteiger partial charge in [-0.05, 0) is 37.1 Å². The topological polar surface area (TPSA) is 136 Å². The molecule has 2 aliphatic rings. The number of H-pyrrole nitrogens is 1. The van der Waals surface area contributed by atoms with Crippen LogP contribution in [-0.4, -0.2) is 45.8 Å². The van der Waals surface area contributed by atoms with Crippen molar-refractivity contribution in [1.29, 1.82) is 0 Å². The standard InChI is InChI=1S/C21H18ClN5O6/c22-13-5-1-4-12-17(13)25-20(30)26(19(12)29)8-2-3-11-9-27(21(31)33-11)15-7-6-14-18(23-15)24-16(28)10-32-14/h1,4-7,11H,2-3,8-10H2,(H,25,30)(H,23,24,28)/t11-/m1/s1. The van der Waals surface area contributed by atoms with Crippen molar-refractivity contribution in [3.05, 3.63) is 56.2 Å². The lowest BCUT2D eigenvalue weighted by Crippen LogP contribution is -2.35. The monoisotopic (exact) mass is 471 g/mol. The molecule has 2 N–H and O–H groups in total. The summed E-state index contributed by atoms with van der Waals surface area (Å²) in [6, 6.07) is 8.09. The predicted octanol–water partition coefficient (Wildman–Crippen LogP) is 1.87. The Labute approximate surface area is 190 Å². The second kappa shape index (κ2) is 8.24. The Morgan fingerprint density at radius 1 is 1.15 bits per heavy atom. The summed E-state index contributed by atoms with van der Waals surface area (Å²) in [5.41, 5.74) is -0.665. The van der Waals surface area contributed by atoms with Gasteiger partial charge in [-0.25, -0.2) is 14.6 Å². The molecule has 0 radical (unpaired) electrons. The van der Waals surface area contributed by atoms with Crippen LogP contribution in [-0.2, 0) is 16.1 Å². The Kier molecular flexibility index (Phi) is 5.25. The minimum Gasteiger partial charge on any atom is -0.480 e. The number of anilines is 2. The van der Waals surface area contributed by atoms with E-state index in [9.17, 15) is 19.2 Å². The number of benzene rings is 1. The number of hydrogen-bond donors (Lipinski definition) is 2. The molecule has 0 spiro atoms. The van der Waals surface area contributed by atoms with Crippen LogP contribution in [0.4, 0.5) is 16.4 Å². The number of carbonyl (C=O) groups excluding carboxylic acids is 2. The Balaban J connectivity index is 1.26. The van der Waals surface area contributed by atoms with Crippen LogP contribution in [0.2, 0.25) is 5.02 Å². The van der Waals surface area contributed by atoms with Gasteiger partial charge < -0.3 is 19.8 Å². The highest BCUT2D eigenvalue weighted by atomic mass is 35.5. The second-order valence-corrected chi connectivity index (χ2v) is 8.07. The van der Waals surface area contributed by atoms with Crippen LogP contribution in [0.25, 0.3) is 10.9 Å². The number of nitrogens with zero attached hydrogens (tertiary/aromatic N) is 3. The number of carbonyl (C=O) groups is 2. The number of ether oxygens (including phenoxy) is 2. The van der Waals surface area contributed by atoms with Gasteiger partial charge in [-0.1, -0.05) is 17.7 Å². The first-order chi connectivity index (χ1) is 15.9. The molecule has 1 fully saturated rings. The first kappa shape index (κ1) is 21.0. The average Bonchev–Trinajstić information content (AvgIpc) is 3.16. The van der Waals surface area contributed by atoms with Crippen LogP contribution >= 0.6 is 11.6 Å². The fourth-order valence-corrected chi connectivity index (χ4v) is 4.11. The summed E-state index contributed by atoms with van der Waals surface area (Å²) in [5, 5.41) is 3.23. The van der Waals surface area contributed by atoms with E-state index in [2.05, 4.69) is 15.3 Å². The molecule has 1 saturated heterocycles. The number of hydrogen-bond acceptors (Lipinski definition) is 7. The van der Waals surface area contributed by atoms with Crippen LogP contribution in [0, 0.1) is 0 Å². The first-order valence-electron chi connectivity index (χ1n) is 10.2. The third kappa shape index (κ3) is 3.91. The van der Waals surface area contributed by atoms with Gasteiger partial charge in [0.05, 0.1) is 22.5 Å². The molecule has 11 nitrogen and oxygen atoms in total. The highest BCUT2D eigenvalue weighted by molar-refractivity contribution is 6.34. The van der Waals surface area contributed by atoms with Crippen molar-refractivity contribution in [2.45, 2.75) is 25.5 Å². The molecule has 33 heavy (non-hydrogen) atoms. The van der Waals surface area contributed by atoms with Gasteiger partial charge in [0.25, 0.3) is 11.5 Å². The number of rotatable bonds is 5. The average molecular weight is 472 g/mol. The van der Waals surface area contributed by atoms with Gasteiger partial charge in [0, 0.05) is 6.54 Å². The lowest BCUT2D eigenvalue weighted by molar-refractivity contribution is -0.118. The SMILES string of the molecule is O=C1COc2ccc(N3C[C@@H](CCCn4c(=O)[nH]c5c(Cl)cccc5c4=O)OC3=O)nc2N1. The summed E-state index contributed by atoms with van der Waals surface area (Å²) in [5.74, 6) is 0.672. The molecule has 2 aliphatic heterocycles. The molecule has 2 amide bonds. The van der Waals surface area contributed by atoms with Gasteiger partial charge in [-0.15, -0.1) is 0 Å². The van der Waals surface area contributed by atoms with E-state index in [0.29, 0.717) is 40.3 Å². The molecular formula is C21H18ClN5O6. The normalized spacial score (nSPS) is 17.5. The molecule has 2 aromatic heterocycles. The Morgan fingerprint density at radius 2 is 2.00 bits per heavy atom. The molecule has 3 aromatic rings. The summed E-state index contributed by atoms with van der Waals surface area (Å²) < 4.78 is 11.8. The molecule has 1 atom stereocenters. The van der Waals surface area contributed by atoms with Gasteiger partial charge >= 0.3 is 11.8 Å². The summed E-state index contributed by atoms with van der Waals surface area (Å²) >= 11 is 6.06. The van der Waals surface area contributed by atoms with Crippen LogP contribution in [0.5, 0.6) is 5.75 Å². The minimum atomic E-state index is -0.564. The summed E-state index contributed by atoms with van der Waals surface area (Å²) in [6.45, 7) is 0.321. The summed E-state index contributed by atoms with van der Waals surface area (Å²) in [7, 11) is 0. The number of nitrogens with one attached hydrogen (secondary N) is 2. The molecule has 0 aliphatic carbocycles. The number of amides is 2. The molecule has 1 aromatic carbocycles. The van der Waals surface area contributed by atoms with E-state index in [1.807, 2.05) is 0 Å². The maximum atomic E-state index is 12.7. The molecule has 170 valence electrons.